The largest absolute Gasteiger partial charge is 0.390 e. The van der Waals surface area contributed by atoms with E-state index in [4.69, 9.17) is 9.84 Å². The second-order valence-electron chi connectivity index (χ2n) is 2.82. The van der Waals surface area contributed by atoms with Crippen molar-refractivity contribution in [2.75, 3.05) is 18.5 Å². The standard InChI is InChI=1S/C8H12N2O2/c11-4-6-3-7-8(10-6)5-12-2-1-9-7/h3,9-11H,1-2,4-5H2. The molecule has 0 unspecified atom stereocenters. The SMILES string of the molecule is OCc1cc2c([nH]1)COCCN2. The summed E-state index contributed by atoms with van der Waals surface area (Å²) in [5.41, 5.74) is 2.91. The number of aromatic nitrogens is 1. The van der Waals surface area contributed by atoms with E-state index in [1.807, 2.05) is 6.07 Å². The maximum absolute atomic E-state index is 8.86. The van der Waals surface area contributed by atoms with Crippen molar-refractivity contribution in [1.29, 1.82) is 0 Å². The van der Waals surface area contributed by atoms with E-state index in [1.54, 1.807) is 0 Å². The number of H-pyrrole nitrogens is 1. The molecule has 0 aromatic carbocycles. The Kier molecular flexibility index (Phi) is 2.01. The molecule has 2 rings (SSSR count). The summed E-state index contributed by atoms with van der Waals surface area (Å²) in [6.45, 7) is 2.21. The smallest absolute Gasteiger partial charge is 0.0887 e. The number of hydrogen-bond donors (Lipinski definition) is 3. The van der Waals surface area contributed by atoms with Crippen molar-refractivity contribution < 1.29 is 9.84 Å². The summed E-state index contributed by atoms with van der Waals surface area (Å²) in [6.07, 6.45) is 0. The average Bonchev–Trinajstić information content (AvgIpc) is 2.37. The van der Waals surface area contributed by atoms with Gasteiger partial charge in [0.1, 0.15) is 0 Å². The van der Waals surface area contributed by atoms with Crippen LogP contribution in [-0.2, 0) is 18.0 Å². The van der Waals surface area contributed by atoms with Crippen LogP contribution in [-0.4, -0.2) is 23.2 Å². The molecule has 1 aromatic rings. The van der Waals surface area contributed by atoms with Crippen LogP contribution in [0.15, 0.2) is 6.07 Å². The number of rotatable bonds is 1. The van der Waals surface area contributed by atoms with E-state index < -0.39 is 0 Å². The second kappa shape index (κ2) is 3.16. The zero-order chi connectivity index (χ0) is 8.39. The Morgan fingerprint density at radius 1 is 1.58 bits per heavy atom. The van der Waals surface area contributed by atoms with Gasteiger partial charge in [0.15, 0.2) is 0 Å². The third-order valence-corrected chi connectivity index (χ3v) is 1.93. The summed E-state index contributed by atoms with van der Waals surface area (Å²) in [6, 6.07) is 1.92. The summed E-state index contributed by atoms with van der Waals surface area (Å²) in [4.78, 5) is 3.09. The molecule has 1 aromatic heterocycles. The Morgan fingerprint density at radius 3 is 3.33 bits per heavy atom. The van der Waals surface area contributed by atoms with Gasteiger partial charge in [0.2, 0.25) is 0 Å². The van der Waals surface area contributed by atoms with Crippen molar-refractivity contribution in [2.45, 2.75) is 13.2 Å². The topological polar surface area (TPSA) is 57.3 Å². The summed E-state index contributed by atoms with van der Waals surface area (Å²) in [7, 11) is 0. The first-order valence-corrected chi connectivity index (χ1v) is 4.03. The predicted octanol–water partition coefficient (Wildman–Crippen LogP) is 0.449. The highest BCUT2D eigenvalue weighted by atomic mass is 16.5. The first-order valence-electron chi connectivity index (χ1n) is 4.03. The van der Waals surface area contributed by atoms with E-state index >= 15 is 0 Å². The molecule has 0 radical (unpaired) electrons. The molecule has 4 heteroatoms. The van der Waals surface area contributed by atoms with Crippen LogP contribution in [0.4, 0.5) is 5.69 Å². The van der Waals surface area contributed by atoms with Crippen LogP contribution in [0.25, 0.3) is 0 Å². The van der Waals surface area contributed by atoms with Crippen LogP contribution in [0.5, 0.6) is 0 Å². The molecule has 4 nitrogen and oxygen atoms in total. The van der Waals surface area contributed by atoms with Crippen LogP contribution in [0.1, 0.15) is 11.4 Å². The molecule has 0 aliphatic carbocycles. The maximum Gasteiger partial charge on any atom is 0.0887 e. The van der Waals surface area contributed by atoms with E-state index in [0.717, 1.165) is 30.2 Å². The first kappa shape index (κ1) is 7.64. The highest BCUT2D eigenvalue weighted by Crippen LogP contribution is 2.19. The minimum Gasteiger partial charge on any atom is -0.390 e. The van der Waals surface area contributed by atoms with Crippen LogP contribution in [0, 0.1) is 0 Å². The van der Waals surface area contributed by atoms with Gasteiger partial charge >= 0.3 is 0 Å². The average molecular weight is 168 g/mol. The molecule has 1 aliphatic heterocycles. The van der Waals surface area contributed by atoms with Crippen molar-refractivity contribution >= 4 is 5.69 Å². The third-order valence-electron chi connectivity index (χ3n) is 1.93. The Balaban J connectivity index is 2.26. The number of aromatic amines is 1. The fraction of sp³-hybridized carbons (Fsp3) is 0.500. The van der Waals surface area contributed by atoms with Gasteiger partial charge in [-0.05, 0) is 6.07 Å². The van der Waals surface area contributed by atoms with Crippen LogP contribution < -0.4 is 5.32 Å². The summed E-state index contributed by atoms with van der Waals surface area (Å²) in [5, 5.41) is 12.1. The van der Waals surface area contributed by atoms with E-state index in [1.165, 1.54) is 0 Å². The van der Waals surface area contributed by atoms with Gasteiger partial charge in [-0.1, -0.05) is 0 Å². The highest BCUT2D eigenvalue weighted by Gasteiger charge is 2.10. The van der Waals surface area contributed by atoms with Gasteiger partial charge in [-0.2, -0.15) is 0 Å². The highest BCUT2D eigenvalue weighted by molar-refractivity contribution is 5.50. The van der Waals surface area contributed by atoms with E-state index in [0.29, 0.717) is 6.61 Å². The lowest BCUT2D eigenvalue weighted by Gasteiger charge is -1.97. The van der Waals surface area contributed by atoms with Gasteiger partial charge in [-0.25, -0.2) is 0 Å². The maximum atomic E-state index is 8.86. The fourth-order valence-corrected chi connectivity index (χ4v) is 1.35. The van der Waals surface area contributed by atoms with Crippen molar-refractivity contribution in [1.82, 2.24) is 4.98 Å². The molecule has 12 heavy (non-hydrogen) atoms. The number of ether oxygens (including phenoxy) is 1. The number of aliphatic hydroxyl groups excluding tert-OH is 1. The summed E-state index contributed by atoms with van der Waals surface area (Å²) >= 11 is 0. The van der Waals surface area contributed by atoms with Gasteiger partial charge in [-0.3, -0.25) is 0 Å². The molecule has 0 atom stereocenters. The molecule has 2 heterocycles. The number of anilines is 1. The third kappa shape index (κ3) is 1.31. The van der Waals surface area contributed by atoms with E-state index in [2.05, 4.69) is 10.3 Å². The number of aliphatic hydroxyl groups is 1. The number of nitrogens with one attached hydrogen (secondary N) is 2. The summed E-state index contributed by atoms with van der Waals surface area (Å²) in [5.74, 6) is 0. The quantitative estimate of drug-likeness (QED) is 0.570. The van der Waals surface area contributed by atoms with Gasteiger partial charge in [-0.15, -0.1) is 0 Å². The molecular formula is C8H12N2O2. The second-order valence-corrected chi connectivity index (χ2v) is 2.82. The Bertz CT molecular complexity index is 247. The molecule has 3 N–H and O–H groups in total. The monoisotopic (exact) mass is 168 g/mol. The van der Waals surface area contributed by atoms with Crippen LogP contribution in [0.2, 0.25) is 0 Å². The van der Waals surface area contributed by atoms with Gasteiger partial charge < -0.3 is 20.1 Å². The zero-order valence-corrected chi connectivity index (χ0v) is 6.76. The predicted molar refractivity (Wildman–Crippen MR) is 44.9 cm³/mol. The van der Waals surface area contributed by atoms with Gasteiger partial charge in [0.25, 0.3) is 0 Å². The molecule has 0 saturated heterocycles. The van der Waals surface area contributed by atoms with Gasteiger partial charge in [0, 0.05) is 12.2 Å². The molecule has 0 spiro atoms. The molecule has 0 saturated carbocycles. The Hall–Kier alpha value is -1.00. The molecule has 0 amide bonds. The van der Waals surface area contributed by atoms with Crippen LogP contribution >= 0.6 is 0 Å². The Labute approximate surface area is 70.6 Å². The number of hydrogen-bond acceptors (Lipinski definition) is 3. The molecule has 0 fully saturated rings. The lowest BCUT2D eigenvalue weighted by atomic mass is 10.3. The van der Waals surface area contributed by atoms with Crippen molar-refractivity contribution in [3.8, 4) is 0 Å². The minimum absolute atomic E-state index is 0.0503. The van der Waals surface area contributed by atoms with Crippen molar-refractivity contribution in [3.05, 3.63) is 17.5 Å². The van der Waals surface area contributed by atoms with E-state index in [-0.39, 0.29) is 6.61 Å². The number of fused-ring (bicyclic) bond motifs is 1. The molecule has 66 valence electrons. The molecule has 1 aliphatic rings. The molecule has 0 bridgehead atoms. The lowest BCUT2D eigenvalue weighted by Crippen LogP contribution is -2.04. The summed E-state index contributed by atoms with van der Waals surface area (Å²) < 4.78 is 5.30. The normalized spacial score (nSPS) is 16.4. The first-order chi connectivity index (χ1) is 5.90. The van der Waals surface area contributed by atoms with Gasteiger partial charge in [0.05, 0.1) is 31.2 Å². The zero-order valence-electron chi connectivity index (χ0n) is 6.76. The van der Waals surface area contributed by atoms with Crippen molar-refractivity contribution in [3.63, 3.8) is 0 Å². The van der Waals surface area contributed by atoms with E-state index in [9.17, 15) is 0 Å². The Morgan fingerprint density at radius 2 is 2.50 bits per heavy atom. The minimum atomic E-state index is 0.0503. The van der Waals surface area contributed by atoms with Crippen LogP contribution in [0.3, 0.4) is 0 Å². The lowest BCUT2D eigenvalue weighted by molar-refractivity contribution is 0.132. The molecular weight excluding hydrogens is 156 g/mol. The fourth-order valence-electron chi connectivity index (χ4n) is 1.35. The van der Waals surface area contributed by atoms with Crippen molar-refractivity contribution in [2.24, 2.45) is 0 Å².